The van der Waals surface area contributed by atoms with Crippen molar-refractivity contribution in [2.45, 2.75) is 40.0 Å². The number of hydrazine groups is 1. The minimum absolute atomic E-state index is 0.00407. The molecule has 2 rings (SSSR count). The van der Waals surface area contributed by atoms with Crippen molar-refractivity contribution in [2.75, 3.05) is 11.9 Å². The lowest BCUT2D eigenvalue weighted by Gasteiger charge is -2.11. The van der Waals surface area contributed by atoms with Crippen LogP contribution in [0, 0.1) is 13.8 Å². The number of ether oxygens (including phenoxy) is 1. The van der Waals surface area contributed by atoms with E-state index < -0.39 is 11.8 Å². The van der Waals surface area contributed by atoms with Crippen LogP contribution in [0.25, 0.3) is 0 Å². The summed E-state index contributed by atoms with van der Waals surface area (Å²) in [5.41, 5.74) is 7.74. The first-order valence-corrected chi connectivity index (χ1v) is 10.5. The van der Waals surface area contributed by atoms with Gasteiger partial charge >= 0.3 is 0 Å². The van der Waals surface area contributed by atoms with Gasteiger partial charge in [-0.3, -0.25) is 25.2 Å². The molecule has 2 aromatic rings. The van der Waals surface area contributed by atoms with Gasteiger partial charge in [0.2, 0.25) is 11.8 Å². The molecule has 0 saturated heterocycles. The molecule has 3 amide bonds. The van der Waals surface area contributed by atoms with E-state index in [1.807, 2.05) is 39.0 Å². The number of benzene rings is 2. The highest BCUT2D eigenvalue weighted by atomic mass is 79.9. The van der Waals surface area contributed by atoms with E-state index in [1.54, 1.807) is 18.2 Å². The predicted octanol–water partition coefficient (Wildman–Crippen LogP) is 4.03. The molecular formula is C22H26BrN3O4. The lowest BCUT2D eigenvalue weighted by molar-refractivity contribution is -0.124. The standard InChI is InChI=1S/C22H26BrN3O4/c1-4-11-30-19-8-7-16(13-17(19)23)22(29)26-25-21(28)10-9-20(27)24-18-12-14(2)5-6-15(18)3/h5-8,12-13H,4,9-11H2,1-3H3,(H,24,27)(H,25,28)(H,26,29). The van der Waals surface area contributed by atoms with Gasteiger partial charge in [0.1, 0.15) is 5.75 Å². The normalized spacial score (nSPS) is 10.3. The van der Waals surface area contributed by atoms with Crippen LogP contribution in [0.2, 0.25) is 0 Å². The van der Waals surface area contributed by atoms with Crippen LogP contribution < -0.4 is 20.9 Å². The molecule has 0 aliphatic rings. The van der Waals surface area contributed by atoms with E-state index in [-0.39, 0.29) is 18.7 Å². The van der Waals surface area contributed by atoms with Gasteiger partial charge in [-0.25, -0.2) is 0 Å². The minimum Gasteiger partial charge on any atom is -0.492 e. The Hall–Kier alpha value is -2.87. The van der Waals surface area contributed by atoms with Gasteiger partial charge in [0.15, 0.2) is 0 Å². The Balaban J connectivity index is 1.78. The predicted molar refractivity (Wildman–Crippen MR) is 119 cm³/mol. The van der Waals surface area contributed by atoms with Crippen molar-refractivity contribution < 1.29 is 19.1 Å². The van der Waals surface area contributed by atoms with Gasteiger partial charge in [0, 0.05) is 24.1 Å². The fraction of sp³-hybridized carbons (Fsp3) is 0.318. The zero-order valence-electron chi connectivity index (χ0n) is 17.3. The van der Waals surface area contributed by atoms with Crippen LogP contribution in [0.3, 0.4) is 0 Å². The fourth-order valence-corrected chi connectivity index (χ4v) is 3.04. The number of amides is 3. The highest BCUT2D eigenvalue weighted by Crippen LogP contribution is 2.26. The summed E-state index contributed by atoms with van der Waals surface area (Å²) in [5.74, 6) is -0.545. The van der Waals surface area contributed by atoms with Crippen molar-refractivity contribution in [3.8, 4) is 5.75 Å². The summed E-state index contributed by atoms with van der Waals surface area (Å²) in [5, 5.41) is 2.80. The second-order valence-electron chi connectivity index (χ2n) is 6.86. The first kappa shape index (κ1) is 23.4. The number of aryl methyl sites for hydroxylation is 2. The Bertz CT molecular complexity index is 931. The zero-order valence-corrected chi connectivity index (χ0v) is 18.9. The summed E-state index contributed by atoms with van der Waals surface area (Å²) < 4.78 is 6.19. The maximum absolute atomic E-state index is 12.2. The molecule has 0 fully saturated rings. The molecule has 7 nitrogen and oxygen atoms in total. The summed E-state index contributed by atoms with van der Waals surface area (Å²) in [7, 11) is 0. The number of halogens is 1. The van der Waals surface area contributed by atoms with E-state index in [0.717, 1.165) is 23.2 Å². The third-order valence-electron chi connectivity index (χ3n) is 4.22. The van der Waals surface area contributed by atoms with Crippen LogP contribution in [0.5, 0.6) is 5.75 Å². The molecule has 0 spiro atoms. The highest BCUT2D eigenvalue weighted by molar-refractivity contribution is 9.10. The van der Waals surface area contributed by atoms with Gasteiger partial charge in [0.25, 0.3) is 5.91 Å². The maximum atomic E-state index is 12.2. The molecule has 0 unspecified atom stereocenters. The van der Waals surface area contributed by atoms with Crippen molar-refractivity contribution in [1.29, 1.82) is 0 Å². The average Bonchev–Trinajstić information content (AvgIpc) is 2.72. The van der Waals surface area contributed by atoms with Gasteiger partial charge < -0.3 is 10.1 Å². The van der Waals surface area contributed by atoms with E-state index in [9.17, 15) is 14.4 Å². The molecule has 0 bridgehead atoms. The third-order valence-corrected chi connectivity index (χ3v) is 4.84. The molecule has 0 radical (unpaired) electrons. The van der Waals surface area contributed by atoms with Crippen molar-refractivity contribution in [1.82, 2.24) is 10.9 Å². The first-order valence-electron chi connectivity index (χ1n) is 9.68. The van der Waals surface area contributed by atoms with E-state index in [0.29, 0.717) is 22.4 Å². The molecule has 3 N–H and O–H groups in total. The fourth-order valence-electron chi connectivity index (χ4n) is 2.54. The monoisotopic (exact) mass is 475 g/mol. The topological polar surface area (TPSA) is 96.5 Å². The molecule has 2 aromatic carbocycles. The first-order chi connectivity index (χ1) is 14.3. The molecule has 8 heteroatoms. The van der Waals surface area contributed by atoms with E-state index in [2.05, 4.69) is 32.1 Å². The van der Waals surface area contributed by atoms with E-state index in [4.69, 9.17) is 4.74 Å². The summed E-state index contributed by atoms with van der Waals surface area (Å²) in [4.78, 5) is 36.3. The van der Waals surface area contributed by atoms with Crippen LogP contribution in [0.1, 0.15) is 47.7 Å². The van der Waals surface area contributed by atoms with Crippen LogP contribution in [-0.4, -0.2) is 24.3 Å². The summed E-state index contributed by atoms with van der Waals surface area (Å²) in [6.07, 6.45) is 0.831. The SMILES string of the molecule is CCCOc1ccc(C(=O)NNC(=O)CCC(=O)Nc2cc(C)ccc2C)cc1Br. The molecule has 0 aliphatic heterocycles. The second kappa shape index (κ2) is 11.3. The zero-order chi connectivity index (χ0) is 22.1. The van der Waals surface area contributed by atoms with Crippen LogP contribution in [0.4, 0.5) is 5.69 Å². The van der Waals surface area contributed by atoms with Crippen molar-refractivity contribution in [2.24, 2.45) is 0 Å². The smallest absolute Gasteiger partial charge is 0.269 e. The lowest BCUT2D eigenvalue weighted by Crippen LogP contribution is -2.41. The van der Waals surface area contributed by atoms with Gasteiger partial charge in [-0.2, -0.15) is 0 Å². The molecular weight excluding hydrogens is 450 g/mol. The van der Waals surface area contributed by atoms with Crippen LogP contribution in [-0.2, 0) is 9.59 Å². The summed E-state index contributed by atoms with van der Waals surface area (Å²) >= 11 is 3.37. The van der Waals surface area contributed by atoms with Crippen LogP contribution >= 0.6 is 15.9 Å². The highest BCUT2D eigenvalue weighted by Gasteiger charge is 2.12. The Morgan fingerprint density at radius 2 is 1.70 bits per heavy atom. The number of carbonyl (C=O) groups excluding carboxylic acids is 3. The van der Waals surface area contributed by atoms with Crippen LogP contribution in [0.15, 0.2) is 40.9 Å². The third kappa shape index (κ3) is 7.18. The minimum atomic E-state index is -0.467. The molecule has 0 saturated carbocycles. The van der Waals surface area contributed by atoms with Gasteiger partial charge in [-0.1, -0.05) is 19.1 Å². The number of anilines is 1. The molecule has 160 valence electrons. The maximum Gasteiger partial charge on any atom is 0.269 e. The van der Waals surface area contributed by atoms with E-state index in [1.165, 1.54) is 0 Å². The van der Waals surface area contributed by atoms with Gasteiger partial charge in [-0.15, -0.1) is 0 Å². The summed E-state index contributed by atoms with van der Waals surface area (Å²) in [6.45, 7) is 6.43. The van der Waals surface area contributed by atoms with Crippen molar-refractivity contribution in [3.63, 3.8) is 0 Å². The van der Waals surface area contributed by atoms with Gasteiger partial charge in [-0.05, 0) is 71.6 Å². The Morgan fingerprint density at radius 3 is 2.40 bits per heavy atom. The Labute approximate surface area is 184 Å². The number of nitrogens with one attached hydrogen (secondary N) is 3. The van der Waals surface area contributed by atoms with Gasteiger partial charge in [0.05, 0.1) is 11.1 Å². The van der Waals surface area contributed by atoms with Crippen molar-refractivity contribution in [3.05, 3.63) is 57.6 Å². The Kier molecular flexibility index (Phi) is 8.86. The molecule has 0 aliphatic carbocycles. The van der Waals surface area contributed by atoms with Crippen molar-refractivity contribution >= 4 is 39.3 Å². The quantitative estimate of drug-likeness (QED) is 0.502. The number of hydrogen-bond acceptors (Lipinski definition) is 4. The Morgan fingerprint density at radius 1 is 0.967 bits per heavy atom. The molecule has 0 atom stereocenters. The largest absolute Gasteiger partial charge is 0.492 e. The molecule has 0 heterocycles. The number of rotatable bonds is 8. The van der Waals surface area contributed by atoms with E-state index >= 15 is 0 Å². The second-order valence-corrected chi connectivity index (χ2v) is 7.72. The molecule has 0 aromatic heterocycles. The number of carbonyl (C=O) groups is 3. The molecule has 30 heavy (non-hydrogen) atoms. The average molecular weight is 476 g/mol. The number of hydrogen-bond donors (Lipinski definition) is 3. The lowest BCUT2D eigenvalue weighted by atomic mass is 10.1. The summed E-state index contributed by atoms with van der Waals surface area (Å²) in [6, 6.07) is 10.7.